The number of nitrogens with zero attached hydrogens (tertiary/aromatic N) is 3. The number of carbonyl (C=O) groups is 2. The molecule has 2 aromatic rings. The van der Waals surface area contributed by atoms with Crippen molar-refractivity contribution in [3.05, 3.63) is 70.8 Å². The van der Waals surface area contributed by atoms with Gasteiger partial charge in [-0.05, 0) is 0 Å². The fourth-order valence-corrected chi connectivity index (χ4v) is 3.93. The van der Waals surface area contributed by atoms with Gasteiger partial charge in [0.05, 0.1) is 30.7 Å². The van der Waals surface area contributed by atoms with Gasteiger partial charge >= 0.3 is 0 Å². The van der Waals surface area contributed by atoms with Crippen LogP contribution < -0.4 is 17.0 Å². The summed E-state index contributed by atoms with van der Waals surface area (Å²) in [6, 6.07) is 6.80. The molecule has 1 atom stereocenters. The average molecular weight is 442 g/mol. The molecule has 1 aliphatic carbocycles. The molecule has 1 aromatic carbocycles. The van der Waals surface area contributed by atoms with Gasteiger partial charge < -0.3 is 21.7 Å². The van der Waals surface area contributed by atoms with Crippen LogP contribution in [0.5, 0.6) is 0 Å². The minimum absolute atomic E-state index is 0. The van der Waals surface area contributed by atoms with E-state index in [4.69, 9.17) is 4.74 Å². The quantitative estimate of drug-likeness (QED) is 0.550. The Balaban J connectivity index is 0.00000225. The Morgan fingerprint density at radius 1 is 1.11 bits per heavy atom. The summed E-state index contributed by atoms with van der Waals surface area (Å²) in [5, 5.41) is 0. The summed E-state index contributed by atoms with van der Waals surface area (Å²) in [5.41, 5.74) is 3.70. The lowest BCUT2D eigenvalue weighted by molar-refractivity contribution is -0.523. The zero-order valence-electron chi connectivity index (χ0n) is 15.7. The molecule has 0 saturated carbocycles. The lowest BCUT2D eigenvalue weighted by atomic mass is 9.80. The number of halogens is 1. The van der Waals surface area contributed by atoms with Gasteiger partial charge in [-0.25, -0.2) is 4.58 Å². The van der Waals surface area contributed by atoms with E-state index in [-0.39, 0.29) is 34.6 Å². The molecule has 0 amide bonds. The number of likely N-dealkylation sites (N-methyl/N-ethyl adjacent to an activating group) is 1. The van der Waals surface area contributed by atoms with E-state index in [9.17, 15) is 9.59 Å². The van der Waals surface area contributed by atoms with Crippen molar-refractivity contribution < 1.29 is 35.9 Å². The van der Waals surface area contributed by atoms with E-state index >= 15 is 0 Å². The molecule has 0 N–H and O–H groups in total. The van der Waals surface area contributed by atoms with E-state index in [2.05, 4.69) is 9.97 Å². The van der Waals surface area contributed by atoms with Gasteiger partial charge in [-0.1, -0.05) is 24.3 Å². The van der Waals surface area contributed by atoms with Crippen LogP contribution in [0.1, 0.15) is 32.8 Å². The van der Waals surface area contributed by atoms with E-state index in [0.717, 1.165) is 11.4 Å². The van der Waals surface area contributed by atoms with E-state index in [1.165, 1.54) is 0 Å². The largest absolute Gasteiger partial charge is 1.00 e. The standard InChI is InChI=1S/C21H20N3O3.BrH/c1-24-16(7-10-27-2)18-19(17(24)11-13-12-22-8-9-23-13)21(26)15-6-4-3-5-14(15)20(18)25;/h3-6,8-9,12,17H,7,10-11H2,1-2H3;1H/q+1;/p-1. The van der Waals surface area contributed by atoms with Crippen molar-refractivity contribution in [1.29, 1.82) is 0 Å². The Hall–Kier alpha value is -2.51. The summed E-state index contributed by atoms with van der Waals surface area (Å²) in [6.07, 6.45) is 6.04. The third kappa shape index (κ3) is 3.25. The van der Waals surface area contributed by atoms with Gasteiger partial charge in [0.15, 0.2) is 17.5 Å². The van der Waals surface area contributed by atoms with Crippen molar-refractivity contribution in [2.75, 3.05) is 20.8 Å². The molecule has 0 radical (unpaired) electrons. The summed E-state index contributed by atoms with van der Waals surface area (Å²) in [6.45, 7) is 0.484. The van der Waals surface area contributed by atoms with Crippen LogP contribution in [0.15, 0.2) is 54.0 Å². The van der Waals surface area contributed by atoms with Gasteiger partial charge in [0.1, 0.15) is 12.6 Å². The number of benzene rings is 1. The smallest absolute Gasteiger partial charge is 0.200 e. The number of hydrogen-bond donors (Lipinski definition) is 0. The van der Waals surface area contributed by atoms with E-state index < -0.39 is 0 Å². The zero-order chi connectivity index (χ0) is 19.0. The van der Waals surface area contributed by atoms with Crippen LogP contribution in [0.25, 0.3) is 0 Å². The number of carbonyl (C=O) groups excluding carboxylic acids is 2. The van der Waals surface area contributed by atoms with Gasteiger partial charge in [0, 0.05) is 36.8 Å². The maximum absolute atomic E-state index is 13.3. The molecule has 2 aliphatic rings. The first kappa shape index (κ1) is 20.2. The molecule has 28 heavy (non-hydrogen) atoms. The first-order valence-corrected chi connectivity index (χ1v) is 8.89. The number of ether oxygens (including phenoxy) is 1. The molecule has 4 rings (SSSR count). The summed E-state index contributed by atoms with van der Waals surface area (Å²) in [4.78, 5) is 35.0. The zero-order valence-corrected chi connectivity index (χ0v) is 17.3. The van der Waals surface area contributed by atoms with Crippen molar-refractivity contribution in [2.45, 2.75) is 18.9 Å². The van der Waals surface area contributed by atoms with Gasteiger partial charge in [-0.3, -0.25) is 19.6 Å². The molecule has 1 aliphatic heterocycles. The van der Waals surface area contributed by atoms with Crippen molar-refractivity contribution in [3.8, 4) is 0 Å². The van der Waals surface area contributed by atoms with Gasteiger partial charge in [-0.2, -0.15) is 0 Å². The number of ketones is 2. The predicted molar refractivity (Wildman–Crippen MR) is 99.3 cm³/mol. The van der Waals surface area contributed by atoms with Crippen molar-refractivity contribution >= 4 is 17.3 Å². The number of fused-ring (bicyclic) bond motifs is 1. The van der Waals surface area contributed by atoms with Crippen LogP contribution in [0, 0.1) is 0 Å². The minimum Gasteiger partial charge on any atom is -1.00 e. The van der Waals surface area contributed by atoms with Gasteiger partial charge in [-0.15, -0.1) is 0 Å². The molecule has 144 valence electrons. The fourth-order valence-electron chi connectivity index (χ4n) is 3.93. The normalized spacial score (nSPS) is 18.1. The Labute approximate surface area is 173 Å². The van der Waals surface area contributed by atoms with E-state index in [1.54, 1.807) is 50.0 Å². The van der Waals surface area contributed by atoms with Crippen LogP contribution >= 0.6 is 0 Å². The molecule has 6 nitrogen and oxygen atoms in total. The number of allylic oxidation sites excluding steroid dienone is 1. The third-order valence-electron chi connectivity index (χ3n) is 5.23. The number of rotatable bonds is 5. The van der Waals surface area contributed by atoms with E-state index in [1.807, 2.05) is 11.6 Å². The second kappa shape index (κ2) is 8.24. The number of aromatic nitrogens is 2. The molecule has 0 saturated heterocycles. The topological polar surface area (TPSA) is 72.2 Å². The first-order valence-electron chi connectivity index (χ1n) is 8.89. The number of hydrogen-bond acceptors (Lipinski definition) is 5. The highest BCUT2D eigenvalue weighted by molar-refractivity contribution is 6.37. The van der Waals surface area contributed by atoms with Crippen LogP contribution in [0.4, 0.5) is 0 Å². The summed E-state index contributed by atoms with van der Waals surface area (Å²) < 4.78 is 7.26. The Morgan fingerprint density at radius 3 is 2.46 bits per heavy atom. The Kier molecular flexibility index (Phi) is 5.96. The SMILES string of the molecule is COCCC1=[N+](C)C(Cc2cnccn2)C2=C1C(=O)c1ccccc1C2=O.[Br-]. The highest BCUT2D eigenvalue weighted by atomic mass is 79.9. The van der Waals surface area contributed by atoms with Gasteiger partial charge in [0.2, 0.25) is 5.78 Å². The molecule has 1 aromatic heterocycles. The molecular weight excluding hydrogens is 422 g/mol. The molecule has 2 heterocycles. The second-order valence-electron chi connectivity index (χ2n) is 6.71. The van der Waals surface area contributed by atoms with Crippen molar-refractivity contribution in [3.63, 3.8) is 0 Å². The second-order valence-corrected chi connectivity index (χ2v) is 6.71. The van der Waals surface area contributed by atoms with Crippen LogP contribution in [0.3, 0.4) is 0 Å². The summed E-state index contributed by atoms with van der Waals surface area (Å²) in [5.74, 6) is -0.159. The molecule has 0 spiro atoms. The molecule has 0 fully saturated rings. The van der Waals surface area contributed by atoms with Crippen molar-refractivity contribution in [2.24, 2.45) is 0 Å². The minimum atomic E-state index is -0.242. The van der Waals surface area contributed by atoms with Crippen LogP contribution in [-0.4, -0.2) is 58.6 Å². The number of Topliss-reactive ketones (excluding diaryl/α,β-unsaturated/α-hetero) is 2. The molecule has 7 heteroatoms. The summed E-state index contributed by atoms with van der Waals surface area (Å²) in [7, 11) is 3.56. The van der Waals surface area contributed by atoms with Gasteiger partial charge in [0.25, 0.3) is 0 Å². The molecule has 0 bridgehead atoms. The van der Waals surface area contributed by atoms with E-state index in [0.29, 0.717) is 41.7 Å². The number of methoxy groups -OCH3 is 1. The third-order valence-corrected chi connectivity index (χ3v) is 5.23. The highest BCUT2D eigenvalue weighted by Crippen LogP contribution is 2.35. The predicted octanol–water partition coefficient (Wildman–Crippen LogP) is -1.10. The lowest BCUT2D eigenvalue weighted by Gasteiger charge is -2.17. The summed E-state index contributed by atoms with van der Waals surface area (Å²) >= 11 is 0. The van der Waals surface area contributed by atoms with Crippen LogP contribution in [-0.2, 0) is 11.2 Å². The Bertz CT molecular complexity index is 999. The average Bonchev–Trinajstić information content (AvgIpc) is 2.97. The maximum Gasteiger partial charge on any atom is 0.200 e. The monoisotopic (exact) mass is 441 g/mol. The van der Waals surface area contributed by atoms with Crippen LogP contribution in [0.2, 0.25) is 0 Å². The lowest BCUT2D eigenvalue weighted by Crippen LogP contribution is -3.00. The first-order chi connectivity index (χ1) is 13.1. The van der Waals surface area contributed by atoms with Crippen molar-refractivity contribution in [1.82, 2.24) is 9.97 Å². The fraction of sp³-hybridized carbons (Fsp3) is 0.286. The molecular formula is C21H20BrN3O3. The maximum atomic E-state index is 13.3. The molecule has 1 unspecified atom stereocenters. The Morgan fingerprint density at radius 2 is 1.82 bits per heavy atom. The highest BCUT2D eigenvalue weighted by Gasteiger charge is 2.48.